The molecule has 0 bridgehead atoms. The zero-order chi connectivity index (χ0) is 19.4. The van der Waals surface area contributed by atoms with Gasteiger partial charge in [0, 0.05) is 22.9 Å². The maximum absolute atomic E-state index is 12.7. The van der Waals surface area contributed by atoms with Gasteiger partial charge in [0.05, 0.1) is 18.3 Å². The molecule has 6 heteroatoms. The summed E-state index contributed by atoms with van der Waals surface area (Å²) < 4.78 is 6.72. The molecule has 0 amide bonds. The maximum atomic E-state index is 12.7. The van der Waals surface area contributed by atoms with Crippen molar-refractivity contribution in [3.63, 3.8) is 0 Å². The number of rotatable bonds is 7. The SMILES string of the molecule is CCOC(=O)C(CC(=O)c1ccccc1)n1ncc2cc(C=O)cc(C)c21. The lowest BCUT2D eigenvalue weighted by Crippen LogP contribution is -2.26. The molecule has 0 aliphatic heterocycles. The molecule has 0 N–H and O–H groups in total. The number of hydrogen-bond acceptors (Lipinski definition) is 5. The average molecular weight is 364 g/mol. The Morgan fingerprint density at radius 1 is 1.22 bits per heavy atom. The first-order valence-corrected chi connectivity index (χ1v) is 8.73. The molecule has 1 aromatic heterocycles. The zero-order valence-electron chi connectivity index (χ0n) is 15.2. The Kier molecular flexibility index (Phi) is 5.45. The van der Waals surface area contributed by atoms with Gasteiger partial charge in [-0.3, -0.25) is 9.59 Å². The standard InChI is InChI=1S/C21H20N2O4/c1-3-27-21(26)18(11-19(25)16-7-5-4-6-8-16)23-20-14(2)9-15(13-24)10-17(20)12-22-23/h4-10,12-13,18H,3,11H2,1-2H3. The molecule has 3 rings (SSSR count). The second-order valence-electron chi connectivity index (χ2n) is 6.24. The van der Waals surface area contributed by atoms with E-state index < -0.39 is 12.0 Å². The predicted octanol–water partition coefficient (Wildman–Crippen LogP) is 3.53. The van der Waals surface area contributed by atoms with E-state index in [2.05, 4.69) is 5.10 Å². The molecule has 0 radical (unpaired) electrons. The molecular formula is C21H20N2O4. The normalized spacial score (nSPS) is 11.9. The fourth-order valence-electron chi connectivity index (χ4n) is 3.16. The third kappa shape index (κ3) is 3.79. The van der Waals surface area contributed by atoms with Crippen LogP contribution in [-0.4, -0.2) is 34.4 Å². The molecule has 0 saturated carbocycles. The summed E-state index contributed by atoms with van der Waals surface area (Å²) in [5, 5.41) is 5.06. The van der Waals surface area contributed by atoms with Crippen LogP contribution in [0.2, 0.25) is 0 Å². The summed E-state index contributed by atoms with van der Waals surface area (Å²) in [5.41, 5.74) is 2.57. The van der Waals surface area contributed by atoms with Crippen LogP contribution >= 0.6 is 0 Å². The van der Waals surface area contributed by atoms with Crippen LogP contribution in [0.4, 0.5) is 0 Å². The highest BCUT2D eigenvalue weighted by molar-refractivity contribution is 5.99. The van der Waals surface area contributed by atoms with Crippen molar-refractivity contribution in [1.29, 1.82) is 0 Å². The Morgan fingerprint density at radius 3 is 2.63 bits per heavy atom. The van der Waals surface area contributed by atoms with Crippen molar-refractivity contribution in [3.05, 3.63) is 65.4 Å². The molecule has 3 aromatic rings. The summed E-state index contributed by atoms with van der Waals surface area (Å²) in [4.78, 5) is 36.4. The second kappa shape index (κ2) is 7.95. The summed E-state index contributed by atoms with van der Waals surface area (Å²) in [5.74, 6) is -0.676. The van der Waals surface area contributed by atoms with Gasteiger partial charge in [-0.25, -0.2) is 9.48 Å². The number of benzene rings is 2. The third-order valence-corrected chi connectivity index (χ3v) is 4.37. The lowest BCUT2D eigenvalue weighted by Gasteiger charge is -2.17. The largest absolute Gasteiger partial charge is 0.464 e. The number of fused-ring (bicyclic) bond motifs is 1. The van der Waals surface area contributed by atoms with E-state index in [1.165, 1.54) is 4.68 Å². The van der Waals surface area contributed by atoms with Crippen LogP contribution in [-0.2, 0) is 9.53 Å². The monoisotopic (exact) mass is 364 g/mol. The van der Waals surface area contributed by atoms with Gasteiger partial charge in [0.25, 0.3) is 0 Å². The minimum atomic E-state index is -0.879. The fourth-order valence-corrected chi connectivity index (χ4v) is 3.16. The third-order valence-electron chi connectivity index (χ3n) is 4.37. The first-order chi connectivity index (χ1) is 13.0. The van der Waals surface area contributed by atoms with Crippen LogP contribution in [0.1, 0.15) is 45.7 Å². The molecule has 27 heavy (non-hydrogen) atoms. The Labute approximate surface area is 156 Å². The van der Waals surface area contributed by atoms with Crippen molar-refractivity contribution in [1.82, 2.24) is 9.78 Å². The van der Waals surface area contributed by atoms with Crippen LogP contribution in [0.3, 0.4) is 0 Å². The van der Waals surface area contributed by atoms with E-state index in [4.69, 9.17) is 4.74 Å². The van der Waals surface area contributed by atoms with Crippen LogP contribution in [0.15, 0.2) is 48.7 Å². The van der Waals surface area contributed by atoms with Gasteiger partial charge in [0.2, 0.25) is 0 Å². The molecule has 138 valence electrons. The lowest BCUT2D eigenvalue weighted by molar-refractivity contribution is -0.147. The summed E-state index contributed by atoms with van der Waals surface area (Å²) in [6, 6.07) is 11.4. The molecule has 0 fully saturated rings. The predicted molar refractivity (Wildman–Crippen MR) is 101 cm³/mol. The van der Waals surface area contributed by atoms with Crippen LogP contribution < -0.4 is 0 Å². The minimum Gasteiger partial charge on any atom is -0.464 e. The molecule has 1 atom stereocenters. The van der Waals surface area contributed by atoms with E-state index in [9.17, 15) is 14.4 Å². The Bertz CT molecular complexity index is 992. The molecule has 0 aliphatic carbocycles. The number of Topliss-reactive ketones (excluding diaryl/α,β-unsaturated/α-hetero) is 1. The van der Waals surface area contributed by atoms with Crippen molar-refractivity contribution >= 4 is 28.9 Å². The van der Waals surface area contributed by atoms with Crippen molar-refractivity contribution in [2.45, 2.75) is 26.3 Å². The van der Waals surface area contributed by atoms with E-state index in [-0.39, 0.29) is 18.8 Å². The number of ketones is 1. The molecule has 1 unspecified atom stereocenters. The first-order valence-electron chi connectivity index (χ1n) is 8.73. The average Bonchev–Trinajstić information content (AvgIpc) is 3.10. The Hall–Kier alpha value is -3.28. The van der Waals surface area contributed by atoms with Crippen molar-refractivity contribution in [3.8, 4) is 0 Å². The van der Waals surface area contributed by atoms with E-state index in [1.54, 1.807) is 49.5 Å². The van der Waals surface area contributed by atoms with Crippen molar-refractivity contribution in [2.75, 3.05) is 6.61 Å². The van der Waals surface area contributed by atoms with E-state index in [1.807, 2.05) is 13.0 Å². The number of nitrogens with zero attached hydrogens (tertiary/aromatic N) is 2. The fraction of sp³-hybridized carbons (Fsp3) is 0.238. The summed E-state index contributed by atoms with van der Waals surface area (Å²) >= 11 is 0. The van der Waals surface area contributed by atoms with Gasteiger partial charge in [-0.2, -0.15) is 5.10 Å². The number of carbonyl (C=O) groups is 3. The quantitative estimate of drug-likeness (QED) is 0.364. The van der Waals surface area contributed by atoms with Gasteiger partial charge in [-0.1, -0.05) is 30.3 Å². The van der Waals surface area contributed by atoms with Crippen molar-refractivity contribution < 1.29 is 19.1 Å². The number of ether oxygens (including phenoxy) is 1. The highest BCUT2D eigenvalue weighted by Gasteiger charge is 2.28. The van der Waals surface area contributed by atoms with Gasteiger partial charge in [0.1, 0.15) is 6.29 Å². The molecule has 2 aromatic carbocycles. The number of esters is 1. The molecular weight excluding hydrogens is 344 g/mol. The first kappa shape index (κ1) is 18.5. The van der Waals surface area contributed by atoms with Crippen LogP contribution in [0.5, 0.6) is 0 Å². The second-order valence-corrected chi connectivity index (χ2v) is 6.24. The molecule has 0 spiro atoms. The summed E-state index contributed by atoms with van der Waals surface area (Å²) in [7, 11) is 0. The highest BCUT2D eigenvalue weighted by Crippen LogP contribution is 2.26. The smallest absolute Gasteiger partial charge is 0.331 e. The maximum Gasteiger partial charge on any atom is 0.331 e. The van der Waals surface area contributed by atoms with Gasteiger partial charge in [-0.15, -0.1) is 0 Å². The van der Waals surface area contributed by atoms with Crippen molar-refractivity contribution in [2.24, 2.45) is 0 Å². The van der Waals surface area contributed by atoms with Gasteiger partial charge >= 0.3 is 5.97 Å². The van der Waals surface area contributed by atoms with E-state index in [0.29, 0.717) is 16.6 Å². The molecule has 0 saturated heterocycles. The van der Waals surface area contributed by atoms with Crippen LogP contribution in [0, 0.1) is 6.92 Å². The minimum absolute atomic E-state index is 0.0610. The van der Waals surface area contributed by atoms with Crippen LogP contribution in [0.25, 0.3) is 10.9 Å². The van der Waals surface area contributed by atoms with Gasteiger partial charge in [0.15, 0.2) is 11.8 Å². The number of carbonyl (C=O) groups excluding carboxylic acids is 3. The summed E-state index contributed by atoms with van der Waals surface area (Å²) in [6.45, 7) is 3.77. The number of aldehydes is 1. The summed E-state index contributed by atoms with van der Waals surface area (Å²) in [6.07, 6.45) is 2.30. The Morgan fingerprint density at radius 2 is 1.96 bits per heavy atom. The number of aryl methyl sites for hydroxylation is 1. The van der Waals surface area contributed by atoms with Gasteiger partial charge < -0.3 is 4.74 Å². The van der Waals surface area contributed by atoms with E-state index >= 15 is 0 Å². The highest BCUT2D eigenvalue weighted by atomic mass is 16.5. The number of aromatic nitrogens is 2. The van der Waals surface area contributed by atoms with E-state index in [0.717, 1.165) is 17.2 Å². The zero-order valence-corrected chi connectivity index (χ0v) is 15.2. The lowest BCUT2D eigenvalue weighted by atomic mass is 10.0. The topological polar surface area (TPSA) is 78.3 Å². The Balaban J connectivity index is 2.03. The molecule has 0 aliphatic rings. The molecule has 1 heterocycles. The number of hydrogen-bond donors (Lipinski definition) is 0. The molecule has 6 nitrogen and oxygen atoms in total. The van der Waals surface area contributed by atoms with Gasteiger partial charge in [-0.05, 0) is 31.5 Å².